The summed E-state index contributed by atoms with van der Waals surface area (Å²) < 4.78 is 0. The Morgan fingerprint density at radius 2 is 1.69 bits per heavy atom. The van der Waals surface area contributed by atoms with Gasteiger partial charge in [0.2, 0.25) is 5.91 Å². The second-order valence-corrected chi connectivity index (χ2v) is 8.61. The molecule has 1 saturated heterocycles. The molecule has 1 aromatic rings. The molecule has 1 aliphatic heterocycles. The number of nitrogens with two attached hydrogens (primary N) is 1. The van der Waals surface area contributed by atoms with Crippen LogP contribution in [0.25, 0.3) is 0 Å². The monoisotopic (exact) mass is 447 g/mol. The van der Waals surface area contributed by atoms with E-state index in [2.05, 4.69) is 5.32 Å². The van der Waals surface area contributed by atoms with Crippen LogP contribution in [0.3, 0.4) is 0 Å². The van der Waals surface area contributed by atoms with E-state index in [-0.39, 0.29) is 18.4 Å². The number of nitrogens with one attached hydrogen (secondary N) is 1. The lowest BCUT2D eigenvalue weighted by atomic mass is 9.93. The number of carboxylic acids is 2. The summed E-state index contributed by atoms with van der Waals surface area (Å²) >= 11 is 0. The van der Waals surface area contributed by atoms with Crippen LogP contribution in [0.15, 0.2) is 30.3 Å². The van der Waals surface area contributed by atoms with E-state index in [4.69, 9.17) is 5.73 Å². The highest BCUT2D eigenvalue weighted by atomic mass is 16.4. The van der Waals surface area contributed by atoms with E-state index in [1.807, 2.05) is 30.3 Å². The Morgan fingerprint density at radius 3 is 2.31 bits per heavy atom. The fourth-order valence-electron chi connectivity index (χ4n) is 4.34. The van der Waals surface area contributed by atoms with Gasteiger partial charge in [-0.05, 0) is 37.8 Å². The molecule has 32 heavy (non-hydrogen) atoms. The third-order valence-electron chi connectivity index (χ3n) is 6.10. The minimum atomic E-state index is -1.07. The largest absolute Gasteiger partial charge is 0.480 e. The first-order valence-corrected chi connectivity index (χ1v) is 11.7. The van der Waals surface area contributed by atoms with Gasteiger partial charge in [0, 0.05) is 12.5 Å². The summed E-state index contributed by atoms with van der Waals surface area (Å²) in [6, 6.07) is 8.21. The van der Waals surface area contributed by atoms with E-state index in [9.17, 15) is 24.6 Å². The van der Waals surface area contributed by atoms with Crippen molar-refractivity contribution in [1.82, 2.24) is 10.2 Å². The molecule has 0 spiro atoms. The first-order chi connectivity index (χ1) is 15.4. The molecule has 0 aromatic heterocycles. The molecule has 1 heterocycles. The summed E-state index contributed by atoms with van der Waals surface area (Å²) in [5.74, 6) is -2.37. The van der Waals surface area contributed by atoms with Gasteiger partial charge >= 0.3 is 11.9 Å². The molecule has 1 fully saturated rings. The zero-order valence-corrected chi connectivity index (χ0v) is 18.7. The van der Waals surface area contributed by atoms with Crippen LogP contribution in [0.1, 0.15) is 69.3 Å². The third-order valence-corrected chi connectivity index (χ3v) is 6.10. The predicted octanol–water partition coefficient (Wildman–Crippen LogP) is 2.58. The van der Waals surface area contributed by atoms with Crippen LogP contribution < -0.4 is 11.1 Å². The average Bonchev–Trinajstić information content (AvgIpc) is 2.91. The smallest absolute Gasteiger partial charge is 0.323 e. The summed E-state index contributed by atoms with van der Waals surface area (Å²) in [6.07, 6.45) is 7.53. The van der Waals surface area contributed by atoms with E-state index in [0.29, 0.717) is 32.4 Å². The van der Waals surface area contributed by atoms with E-state index >= 15 is 0 Å². The molecule has 3 unspecified atom stereocenters. The van der Waals surface area contributed by atoms with Crippen molar-refractivity contribution in [1.29, 1.82) is 0 Å². The Morgan fingerprint density at radius 1 is 1.03 bits per heavy atom. The summed E-state index contributed by atoms with van der Waals surface area (Å²) in [5, 5.41) is 22.0. The van der Waals surface area contributed by atoms with Gasteiger partial charge in [0.25, 0.3) is 0 Å². The maximum atomic E-state index is 13.1. The summed E-state index contributed by atoms with van der Waals surface area (Å²) in [4.78, 5) is 37.6. The molecule has 0 bridgehead atoms. The van der Waals surface area contributed by atoms with E-state index < -0.39 is 24.0 Å². The van der Waals surface area contributed by atoms with Gasteiger partial charge < -0.3 is 20.8 Å². The topological polar surface area (TPSA) is 133 Å². The number of amides is 1. The van der Waals surface area contributed by atoms with Crippen molar-refractivity contribution in [2.45, 2.75) is 75.8 Å². The molecule has 178 valence electrons. The lowest BCUT2D eigenvalue weighted by Crippen LogP contribution is -2.52. The number of carbonyl (C=O) groups excluding carboxylic acids is 1. The Balaban J connectivity index is 1.99. The van der Waals surface area contributed by atoms with Crippen LogP contribution in [-0.2, 0) is 14.4 Å². The molecule has 1 aromatic carbocycles. The normalized spacial score (nSPS) is 20.0. The fourth-order valence-corrected chi connectivity index (χ4v) is 4.34. The molecule has 1 amide bonds. The molecular weight excluding hydrogens is 410 g/mol. The minimum absolute atomic E-state index is 0.0168. The molecule has 0 radical (unpaired) electrons. The number of benzene rings is 1. The number of unbranched alkanes of at least 4 members (excludes halogenated alkanes) is 5. The second kappa shape index (κ2) is 13.9. The minimum Gasteiger partial charge on any atom is -0.480 e. The van der Waals surface area contributed by atoms with Gasteiger partial charge in [-0.25, -0.2) is 0 Å². The van der Waals surface area contributed by atoms with Gasteiger partial charge in [0.15, 0.2) is 0 Å². The highest BCUT2D eigenvalue weighted by Crippen LogP contribution is 2.27. The van der Waals surface area contributed by atoms with E-state index in [1.165, 1.54) is 4.90 Å². The fraction of sp³-hybridized carbons (Fsp3) is 0.625. The summed E-state index contributed by atoms with van der Waals surface area (Å²) in [7, 11) is 0. The lowest BCUT2D eigenvalue weighted by molar-refractivity contribution is -0.146. The quantitative estimate of drug-likeness (QED) is 0.322. The summed E-state index contributed by atoms with van der Waals surface area (Å²) in [5.41, 5.74) is 6.55. The number of nitrogens with zero attached hydrogens (tertiary/aromatic N) is 1. The van der Waals surface area contributed by atoms with Crippen LogP contribution in [0.5, 0.6) is 0 Å². The van der Waals surface area contributed by atoms with E-state index in [0.717, 1.165) is 44.1 Å². The van der Waals surface area contributed by atoms with E-state index in [1.54, 1.807) is 0 Å². The number of rotatable bonds is 14. The van der Waals surface area contributed by atoms with Gasteiger partial charge in [-0.1, -0.05) is 62.4 Å². The zero-order valence-electron chi connectivity index (χ0n) is 18.7. The van der Waals surface area contributed by atoms with Gasteiger partial charge in [0.05, 0.1) is 6.04 Å². The Labute approximate surface area is 190 Å². The number of carboxylic acid groups (broad SMARTS) is 2. The van der Waals surface area contributed by atoms with Crippen LogP contribution >= 0.6 is 0 Å². The number of likely N-dealkylation sites (tertiary alicyclic amines) is 1. The van der Waals surface area contributed by atoms with Crippen LogP contribution in [0.4, 0.5) is 0 Å². The Bertz CT molecular complexity index is 728. The molecule has 5 N–H and O–H groups in total. The molecule has 3 atom stereocenters. The first kappa shape index (κ1) is 25.8. The van der Waals surface area contributed by atoms with Crippen molar-refractivity contribution >= 4 is 17.8 Å². The number of aliphatic carboxylic acids is 2. The highest BCUT2D eigenvalue weighted by Gasteiger charge is 2.34. The third kappa shape index (κ3) is 8.59. The molecular formula is C24H37N3O5. The Kier molecular flexibility index (Phi) is 11.2. The first-order valence-electron chi connectivity index (χ1n) is 11.7. The van der Waals surface area contributed by atoms with Crippen molar-refractivity contribution < 1.29 is 24.6 Å². The number of hydrogen-bond donors (Lipinski definition) is 4. The summed E-state index contributed by atoms with van der Waals surface area (Å²) in [6.45, 7) is 0.624. The van der Waals surface area contributed by atoms with Crippen LogP contribution in [-0.4, -0.2) is 64.7 Å². The van der Waals surface area contributed by atoms with Crippen molar-refractivity contribution in [2.24, 2.45) is 5.73 Å². The average molecular weight is 448 g/mol. The van der Waals surface area contributed by atoms with Crippen molar-refractivity contribution in [3.05, 3.63) is 35.9 Å². The molecule has 2 rings (SSSR count). The number of hydrogen-bond acceptors (Lipinski definition) is 5. The van der Waals surface area contributed by atoms with Crippen molar-refractivity contribution in [3.8, 4) is 0 Å². The van der Waals surface area contributed by atoms with Crippen LogP contribution in [0.2, 0.25) is 0 Å². The maximum Gasteiger partial charge on any atom is 0.323 e. The SMILES string of the molecule is NCCCCCCCCC(NC1CCC(c2ccccc2)CN(CC(=O)O)C1=O)C(=O)O. The molecule has 8 nitrogen and oxygen atoms in total. The highest BCUT2D eigenvalue weighted by molar-refractivity contribution is 5.86. The zero-order chi connectivity index (χ0) is 23.3. The standard InChI is InChI=1S/C24H37N3O5/c25-15-9-4-2-1-3-8-12-21(24(31)32)26-20-14-13-19(18-10-6-5-7-11-18)16-27(23(20)30)17-22(28)29/h5-7,10-11,19-21,26H,1-4,8-9,12-17,25H2,(H,28,29)(H,31,32). The van der Waals surface area contributed by atoms with Crippen LogP contribution in [0, 0.1) is 0 Å². The van der Waals surface area contributed by atoms with Gasteiger partial charge in [-0.15, -0.1) is 0 Å². The van der Waals surface area contributed by atoms with Crippen molar-refractivity contribution in [2.75, 3.05) is 19.6 Å². The molecule has 0 aliphatic carbocycles. The maximum absolute atomic E-state index is 13.1. The lowest BCUT2D eigenvalue weighted by Gasteiger charge is -2.26. The van der Waals surface area contributed by atoms with Gasteiger partial charge in [-0.3, -0.25) is 19.7 Å². The molecule has 8 heteroatoms. The molecule has 1 aliphatic rings. The molecule has 0 saturated carbocycles. The second-order valence-electron chi connectivity index (χ2n) is 8.61. The Hall–Kier alpha value is -2.45. The van der Waals surface area contributed by atoms with Gasteiger partial charge in [0.1, 0.15) is 12.6 Å². The van der Waals surface area contributed by atoms with Gasteiger partial charge in [-0.2, -0.15) is 0 Å². The predicted molar refractivity (Wildman–Crippen MR) is 122 cm³/mol. The van der Waals surface area contributed by atoms with Crippen molar-refractivity contribution in [3.63, 3.8) is 0 Å². The number of carbonyl (C=O) groups is 3.